The van der Waals surface area contributed by atoms with Crippen LogP contribution in [0.15, 0.2) is 53.7 Å². The molecule has 1 amide bonds. The maximum atomic E-state index is 12.1. The quantitative estimate of drug-likeness (QED) is 0.593. The zero-order chi connectivity index (χ0) is 18.8. The van der Waals surface area contributed by atoms with Crippen LogP contribution >= 0.6 is 35.0 Å². The third kappa shape index (κ3) is 4.29. The van der Waals surface area contributed by atoms with E-state index in [0.717, 1.165) is 24.1 Å². The predicted molar refractivity (Wildman–Crippen MR) is 109 cm³/mol. The molecule has 0 bridgehead atoms. The number of nitrogens with one attached hydrogen (secondary N) is 1. The second kappa shape index (κ2) is 7.92. The van der Waals surface area contributed by atoms with Gasteiger partial charge in [0.15, 0.2) is 11.0 Å². The van der Waals surface area contributed by atoms with Crippen LogP contribution < -0.4 is 5.32 Å². The lowest BCUT2D eigenvalue weighted by atomic mass is 10.2. The van der Waals surface area contributed by atoms with Crippen LogP contribution in [0.25, 0.3) is 17.1 Å². The smallest absolute Gasteiger partial charge is 0.230 e. The number of benzene rings is 2. The fourth-order valence-electron chi connectivity index (χ4n) is 2.65. The van der Waals surface area contributed by atoms with Crippen LogP contribution in [0.3, 0.4) is 0 Å². The van der Waals surface area contributed by atoms with Gasteiger partial charge < -0.3 is 5.32 Å². The van der Waals surface area contributed by atoms with Crippen molar-refractivity contribution >= 4 is 40.9 Å². The highest BCUT2D eigenvalue weighted by Gasteiger charge is 2.24. The molecule has 0 radical (unpaired) electrons. The molecule has 2 aromatic carbocycles. The van der Waals surface area contributed by atoms with Gasteiger partial charge in [0.2, 0.25) is 5.91 Å². The largest absolute Gasteiger partial charge is 0.353 e. The van der Waals surface area contributed by atoms with Gasteiger partial charge in [-0.25, -0.2) is 0 Å². The average molecular weight is 419 g/mol. The van der Waals surface area contributed by atoms with Crippen LogP contribution in [0.1, 0.15) is 12.8 Å². The van der Waals surface area contributed by atoms with E-state index >= 15 is 0 Å². The maximum Gasteiger partial charge on any atom is 0.230 e. The van der Waals surface area contributed by atoms with Crippen molar-refractivity contribution in [2.45, 2.75) is 24.0 Å². The fourth-order valence-corrected chi connectivity index (χ4v) is 3.90. The van der Waals surface area contributed by atoms with E-state index in [-0.39, 0.29) is 11.7 Å². The average Bonchev–Trinajstić information content (AvgIpc) is 3.37. The minimum Gasteiger partial charge on any atom is -0.353 e. The number of halogens is 2. The number of hydrogen-bond acceptors (Lipinski definition) is 4. The van der Waals surface area contributed by atoms with Crippen molar-refractivity contribution in [3.63, 3.8) is 0 Å². The highest BCUT2D eigenvalue weighted by atomic mass is 35.5. The summed E-state index contributed by atoms with van der Waals surface area (Å²) in [5.74, 6) is 0.902. The van der Waals surface area contributed by atoms with Gasteiger partial charge in [-0.2, -0.15) is 0 Å². The fraction of sp³-hybridized carbons (Fsp3) is 0.211. The van der Waals surface area contributed by atoms with Crippen molar-refractivity contribution in [3.8, 4) is 17.1 Å². The Morgan fingerprint density at radius 2 is 1.93 bits per heavy atom. The summed E-state index contributed by atoms with van der Waals surface area (Å²) in [5, 5.41) is 13.3. The monoisotopic (exact) mass is 418 g/mol. The van der Waals surface area contributed by atoms with Crippen molar-refractivity contribution in [1.82, 2.24) is 20.1 Å². The normalized spacial score (nSPS) is 13.6. The Bertz CT molecular complexity index is 973. The molecule has 8 heteroatoms. The number of hydrogen-bond donors (Lipinski definition) is 1. The summed E-state index contributed by atoms with van der Waals surface area (Å²) >= 11 is 13.8. The van der Waals surface area contributed by atoms with E-state index in [9.17, 15) is 4.79 Å². The number of carbonyl (C=O) groups excluding carboxylic acids is 1. The predicted octanol–water partition coefficient (Wildman–Crippen LogP) is 4.61. The molecule has 4 rings (SSSR count). The van der Waals surface area contributed by atoms with Gasteiger partial charge in [0, 0.05) is 22.3 Å². The summed E-state index contributed by atoms with van der Waals surface area (Å²) in [6, 6.07) is 15.4. The summed E-state index contributed by atoms with van der Waals surface area (Å²) in [7, 11) is 0. The van der Waals surface area contributed by atoms with E-state index in [2.05, 4.69) is 15.5 Å². The summed E-state index contributed by atoms with van der Waals surface area (Å²) in [5.41, 5.74) is 1.63. The first-order chi connectivity index (χ1) is 13.1. The highest BCUT2D eigenvalue weighted by Crippen LogP contribution is 2.33. The minimum atomic E-state index is 0.0104. The van der Waals surface area contributed by atoms with E-state index in [4.69, 9.17) is 23.2 Å². The van der Waals surface area contributed by atoms with E-state index in [1.807, 2.05) is 41.0 Å². The lowest BCUT2D eigenvalue weighted by Crippen LogP contribution is -2.27. The number of para-hydroxylation sites is 1. The van der Waals surface area contributed by atoms with Crippen LogP contribution in [0, 0.1) is 0 Å². The first kappa shape index (κ1) is 18.3. The number of aromatic nitrogens is 3. The van der Waals surface area contributed by atoms with Gasteiger partial charge in [-0.15, -0.1) is 10.2 Å². The Kier molecular flexibility index (Phi) is 5.38. The Hall–Kier alpha value is -2.02. The van der Waals surface area contributed by atoms with Crippen LogP contribution in [-0.4, -0.2) is 32.5 Å². The van der Waals surface area contributed by atoms with Crippen molar-refractivity contribution in [1.29, 1.82) is 0 Å². The zero-order valence-electron chi connectivity index (χ0n) is 14.2. The highest BCUT2D eigenvalue weighted by molar-refractivity contribution is 7.99. The van der Waals surface area contributed by atoms with Crippen LogP contribution in [0.5, 0.6) is 0 Å². The van der Waals surface area contributed by atoms with E-state index in [0.29, 0.717) is 27.1 Å². The number of rotatable bonds is 6. The molecule has 27 heavy (non-hydrogen) atoms. The van der Waals surface area contributed by atoms with Gasteiger partial charge in [-0.1, -0.05) is 53.2 Å². The van der Waals surface area contributed by atoms with Crippen LogP contribution in [0.4, 0.5) is 0 Å². The standard InChI is InChI=1S/C19H16Cl2N4OS/c20-12-6-9-15(16(21)10-12)18-23-24-19(25(18)14-4-2-1-3-5-14)27-11-17(26)22-13-7-8-13/h1-6,9-10,13H,7-8,11H2,(H,22,26). The summed E-state index contributed by atoms with van der Waals surface area (Å²) < 4.78 is 1.91. The first-order valence-corrected chi connectivity index (χ1v) is 10.2. The number of thioether (sulfide) groups is 1. The molecular formula is C19H16Cl2N4OS. The van der Waals surface area contributed by atoms with Crippen molar-refractivity contribution in [2.75, 3.05) is 5.75 Å². The van der Waals surface area contributed by atoms with Crippen LogP contribution in [-0.2, 0) is 4.79 Å². The van der Waals surface area contributed by atoms with E-state index < -0.39 is 0 Å². The number of nitrogens with zero attached hydrogens (tertiary/aromatic N) is 3. The summed E-state index contributed by atoms with van der Waals surface area (Å²) in [6.07, 6.45) is 2.13. The molecule has 0 atom stereocenters. The lowest BCUT2D eigenvalue weighted by molar-refractivity contribution is -0.118. The molecule has 1 fully saturated rings. The molecule has 138 valence electrons. The van der Waals surface area contributed by atoms with Gasteiger partial charge in [0.1, 0.15) is 0 Å². The van der Waals surface area contributed by atoms with Crippen LogP contribution in [0.2, 0.25) is 10.0 Å². The Morgan fingerprint density at radius 3 is 2.63 bits per heavy atom. The molecule has 1 aliphatic carbocycles. The van der Waals surface area contributed by atoms with Crippen molar-refractivity contribution in [3.05, 3.63) is 58.6 Å². The second-order valence-corrected chi connectivity index (χ2v) is 8.02. The zero-order valence-corrected chi connectivity index (χ0v) is 16.6. The molecule has 0 saturated heterocycles. The number of carbonyl (C=O) groups is 1. The van der Waals surface area contributed by atoms with Gasteiger partial charge in [-0.05, 0) is 43.2 Å². The molecule has 1 aromatic heterocycles. The second-order valence-electron chi connectivity index (χ2n) is 6.23. The topological polar surface area (TPSA) is 59.8 Å². The molecule has 5 nitrogen and oxygen atoms in total. The number of amides is 1. The molecule has 0 unspecified atom stereocenters. The lowest BCUT2D eigenvalue weighted by Gasteiger charge is -2.11. The minimum absolute atomic E-state index is 0.0104. The molecule has 1 heterocycles. The Morgan fingerprint density at radius 1 is 1.15 bits per heavy atom. The van der Waals surface area contributed by atoms with E-state index in [1.54, 1.807) is 12.1 Å². The van der Waals surface area contributed by atoms with E-state index in [1.165, 1.54) is 11.8 Å². The SMILES string of the molecule is O=C(CSc1nnc(-c2ccc(Cl)cc2Cl)n1-c1ccccc1)NC1CC1. The van der Waals surface area contributed by atoms with Gasteiger partial charge in [0.05, 0.1) is 10.8 Å². The molecular weight excluding hydrogens is 403 g/mol. The molecule has 1 saturated carbocycles. The van der Waals surface area contributed by atoms with Crippen molar-refractivity contribution in [2.24, 2.45) is 0 Å². The first-order valence-electron chi connectivity index (χ1n) is 8.50. The van der Waals surface area contributed by atoms with Crippen molar-refractivity contribution < 1.29 is 4.79 Å². The molecule has 0 aliphatic heterocycles. The summed E-state index contributed by atoms with van der Waals surface area (Å²) in [6.45, 7) is 0. The summed E-state index contributed by atoms with van der Waals surface area (Å²) in [4.78, 5) is 12.1. The Labute approximate surface area is 171 Å². The van der Waals surface area contributed by atoms with Gasteiger partial charge in [-0.3, -0.25) is 9.36 Å². The molecule has 3 aromatic rings. The molecule has 1 aliphatic rings. The Balaban J connectivity index is 1.69. The molecule has 0 spiro atoms. The maximum absolute atomic E-state index is 12.1. The third-order valence-corrected chi connectivity index (χ3v) is 5.57. The van der Waals surface area contributed by atoms with Gasteiger partial charge in [0.25, 0.3) is 0 Å². The molecule has 1 N–H and O–H groups in total. The third-order valence-electron chi connectivity index (χ3n) is 4.09. The van der Waals surface area contributed by atoms with Gasteiger partial charge >= 0.3 is 0 Å².